The van der Waals surface area contributed by atoms with E-state index in [0.717, 1.165) is 6.42 Å². The first-order valence-corrected chi connectivity index (χ1v) is 30.5. The number of nitrogens with zero attached hydrogens (tertiary/aromatic N) is 3. The van der Waals surface area contributed by atoms with Gasteiger partial charge in [0.1, 0.15) is 0 Å². The second-order valence-electron chi connectivity index (χ2n) is 29.1. The Bertz CT molecular complexity index is 3830. The maximum absolute atomic E-state index is 2.79. The fraction of sp³-hybridized carbons (Fsp3) is 0.397. The fourth-order valence-electron chi connectivity index (χ4n) is 16.2. The van der Waals surface area contributed by atoms with Crippen molar-refractivity contribution in [2.45, 2.75) is 186 Å². The summed E-state index contributed by atoms with van der Waals surface area (Å²) in [6, 6.07) is 53.8. The maximum Gasteiger partial charge on any atom is 0.264 e. The highest BCUT2D eigenvalue weighted by Crippen LogP contribution is 2.62. The molecule has 78 heavy (non-hydrogen) atoms. The molecule has 2 unspecified atom stereocenters. The van der Waals surface area contributed by atoms with Crippen LogP contribution in [0.2, 0.25) is 0 Å². The lowest BCUT2D eigenvalue weighted by molar-refractivity contribution is 0.195. The molecule has 8 aromatic rings. The van der Waals surface area contributed by atoms with Crippen molar-refractivity contribution in [1.29, 1.82) is 0 Å². The molecule has 0 amide bonds. The smallest absolute Gasteiger partial charge is 0.264 e. The van der Waals surface area contributed by atoms with Crippen LogP contribution in [0.25, 0.3) is 21.2 Å². The van der Waals surface area contributed by atoms with E-state index in [9.17, 15) is 0 Å². The highest BCUT2D eigenvalue weighted by molar-refractivity contribution is 7.33. The van der Waals surface area contributed by atoms with Crippen molar-refractivity contribution >= 4 is 89.3 Å². The van der Waals surface area contributed by atoms with Crippen LogP contribution < -0.4 is 30.4 Å². The van der Waals surface area contributed by atoms with E-state index in [1.165, 1.54) is 166 Å². The number of aryl methyl sites for hydroxylation is 1. The van der Waals surface area contributed by atoms with Crippen molar-refractivity contribution in [3.63, 3.8) is 0 Å². The molecule has 0 saturated heterocycles. The molecule has 7 aromatic carbocycles. The van der Waals surface area contributed by atoms with Gasteiger partial charge in [-0.25, -0.2) is 0 Å². The van der Waals surface area contributed by atoms with Crippen molar-refractivity contribution < 1.29 is 0 Å². The van der Waals surface area contributed by atoms with Gasteiger partial charge in [0.05, 0.1) is 16.9 Å². The van der Waals surface area contributed by atoms with Gasteiger partial charge in [0.15, 0.2) is 0 Å². The van der Waals surface area contributed by atoms with Crippen LogP contribution in [0.15, 0.2) is 133 Å². The standard InChI is InChI=1S/C73H80BN3S/c1-45-38-61-64-62(39-45)76(58-31-26-47(67(2,3)4)40-50(58)46-22-16-15-17-23-46)60-42-49(77-59-25-19-18-24-53(59)72(13)32-20-21-33-73(72,77)14)28-30-57(60)74(64)66-65(51-43-55-56(44-63(51)78-66)71(11,12)37-36-70(55,9)10)75(61)48-27-29-52-54(41-48)69(7,8)35-34-68(52,5)6/h15-19,22-31,38-44H,20-21,32-37H2,1-14H3. The molecular weight excluding hydrogens is 962 g/mol. The molecule has 396 valence electrons. The Morgan fingerprint density at radius 1 is 0.487 bits per heavy atom. The Balaban J connectivity index is 1.10. The van der Waals surface area contributed by atoms with Gasteiger partial charge in [-0.15, -0.1) is 11.3 Å². The van der Waals surface area contributed by atoms with E-state index in [4.69, 9.17) is 0 Å². The van der Waals surface area contributed by atoms with Crippen molar-refractivity contribution in [1.82, 2.24) is 0 Å². The topological polar surface area (TPSA) is 9.72 Å². The second-order valence-corrected chi connectivity index (χ2v) is 30.1. The van der Waals surface area contributed by atoms with E-state index in [1.807, 2.05) is 0 Å². The van der Waals surface area contributed by atoms with Crippen molar-refractivity contribution in [2.75, 3.05) is 14.7 Å². The lowest BCUT2D eigenvalue weighted by Gasteiger charge is -2.50. The molecule has 14 rings (SSSR count). The summed E-state index contributed by atoms with van der Waals surface area (Å²) in [6.45, 7) is 34.5. The SMILES string of the molecule is Cc1cc2c3c(c1)N(c1ccc4c(c1)C(C)(C)CCC4(C)C)c1c(sc4cc5c(cc14)C(C)(C)CCC5(C)C)B3c1ccc(N3c4ccccc4C4(C)CCCCC34C)cc1N2c1ccc(C(C)(C)C)cc1-c1ccccc1. The Morgan fingerprint density at radius 2 is 1.10 bits per heavy atom. The maximum atomic E-state index is 2.79. The number of fused-ring (bicyclic) bond motifs is 11. The quantitative estimate of drug-likeness (QED) is 0.163. The first-order valence-electron chi connectivity index (χ1n) is 29.7. The summed E-state index contributed by atoms with van der Waals surface area (Å²) in [7, 11) is 0. The third-order valence-corrected chi connectivity index (χ3v) is 22.5. The summed E-state index contributed by atoms with van der Waals surface area (Å²) in [4.78, 5) is 8.27. The van der Waals surface area contributed by atoms with E-state index in [1.54, 1.807) is 0 Å². The summed E-state index contributed by atoms with van der Waals surface area (Å²) < 4.78 is 2.86. The predicted molar refractivity (Wildman–Crippen MR) is 338 cm³/mol. The van der Waals surface area contributed by atoms with Crippen LogP contribution in [-0.2, 0) is 32.5 Å². The molecule has 4 heterocycles. The summed E-state index contributed by atoms with van der Waals surface area (Å²) in [5, 5.41) is 1.40. The summed E-state index contributed by atoms with van der Waals surface area (Å²) in [6.07, 6.45) is 9.63. The second kappa shape index (κ2) is 16.5. The number of hydrogen-bond acceptors (Lipinski definition) is 4. The molecule has 1 aromatic heterocycles. The highest BCUT2D eigenvalue weighted by atomic mass is 32.1. The minimum absolute atomic E-state index is 0.0148. The Hall–Kier alpha value is -6.04. The minimum atomic E-state index is -0.0722. The van der Waals surface area contributed by atoms with Gasteiger partial charge in [0.25, 0.3) is 6.71 Å². The van der Waals surface area contributed by atoms with E-state index in [-0.39, 0.29) is 44.7 Å². The van der Waals surface area contributed by atoms with Crippen molar-refractivity contribution in [2.24, 2.45) is 0 Å². The molecule has 0 radical (unpaired) electrons. The average molecular weight is 1040 g/mol. The molecular formula is C73H80BN3S. The molecule has 0 bridgehead atoms. The van der Waals surface area contributed by atoms with Gasteiger partial charge in [0.2, 0.25) is 0 Å². The van der Waals surface area contributed by atoms with Crippen LogP contribution in [0.5, 0.6) is 0 Å². The molecule has 1 fully saturated rings. The molecule has 5 heteroatoms. The molecule has 3 aliphatic heterocycles. The number of rotatable bonds is 4. The van der Waals surface area contributed by atoms with Gasteiger partial charge in [-0.05, 0) is 202 Å². The predicted octanol–water partition coefficient (Wildman–Crippen LogP) is 18.7. The number of para-hydroxylation sites is 1. The van der Waals surface area contributed by atoms with Crippen LogP contribution in [-0.4, -0.2) is 12.3 Å². The van der Waals surface area contributed by atoms with Crippen LogP contribution in [0, 0.1) is 6.92 Å². The lowest BCUT2D eigenvalue weighted by Crippen LogP contribution is -2.60. The monoisotopic (exact) mass is 1040 g/mol. The van der Waals surface area contributed by atoms with Crippen molar-refractivity contribution in [3.05, 3.63) is 172 Å². The largest absolute Gasteiger partial charge is 0.334 e. The fourth-order valence-corrected chi connectivity index (χ4v) is 17.5. The van der Waals surface area contributed by atoms with Crippen LogP contribution >= 0.6 is 11.3 Å². The number of thiophene rings is 1. The Morgan fingerprint density at radius 3 is 1.81 bits per heavy atom. The number of hydrogen-bond donors (Lipinski definition) is 0. The first-order chi connectivity index (χ1) is 36.9. The molecule has 1 saturated carbocycles. The number of anilines is 8. The zero-order valence-corrected chi connectivity index (χ0v) is 50.0. The highest BCUT2D eigenvalue weighted by Gasteiger charge is 2.58. The van der Waals surface area contributed by atoms with Crippen LogP contribution in [0.4, 0.5) is 45.5 Å². The van der Waals surface area contributed by atoms with Crippen LogP contribution in [0.1, 0.15) is 180 Å². The van der Waals surface area contributed by atoms with Gasteiger partial charge < -0.3 is 14.7 Å². The summed E-state index contributed by atoms with van der Waals surface area (Å²) in [5.41, 5.74) is 26.1. The van der Waals surface area contributed by atoms with E-state index in [0.29, 0.717) is 0 Å². The molecule has 0 spiro atoms. The average Bonchev–Trinajstić information content (AvgIpc) is 4.10. The lowest BCUT2D eigenvalue weighted by atomic mass is 9.36. The van der Waals surface area contributed by atoms with Gasteiger partial charge in [-0.1, -0.05) is 163 Å². The third kappa shape index (κ3) is 7.00. The molecule has 2 atom stereocenters. The molecule has 0 N–H and O–H groups in total. The molecule has 3 aliphatic carbocycles. The number of benzene rings is 7. The first kappa shape index (κ1) is 50.2. The normalized spacial score (nSPS) is 22.7. The van der Waals surface area contributed by atoms with Gasteiger partial charge in [-0.3, -0.25) is 0 Å². The Kier molecular flexibility index (Phi) is 10.6. The zero-order chi connectivity index (χ0) is 54.4. The van der Waals surface area contributed by atoms with E-state index >= 15 is 0 Å². The summed E-state index contributed by atoms with van der Waals surface area (Å²) >= 11 is 2.07. The van der Waals surface area contributed by atoms with E-state index in [2.05, 4.69) is 256 Å². The summed E-state index contributed by atoms with van der Waals surface area (Å²) in [5.74, 6) is 0. The molecule has 3 nitrogen and oxygen atoms in total. The Labute approximate surface area is 471 Å². The van der Waals surface area contributed by atoms with Gasteiger partial charge >= 0.3 is 0 Å². The zero-order valence-electron chi connectivity index (χ0n) is 49.2. The minimum Gasteiger partial charge on any atom is -0.334 e. The van der Waals surface area contributed by atoms with Crippen molar-refractivity contribution in [3.8, 4) is 11.1 Å². The molecule has 6 aliphatic rings. The van der Waals surface area contributed by atoms with Gasteiger partial charge in [-0.2, -0.15) is 0 Å². The third-order valence-electron chi connectivity index (χ3n) is 21.3. The van der Waals surface area contributed by atoms with E-state index < -0.39 is 0 Å². The van der Waals surface area contributed by atoms with Crippen LogP contribution in [0.3, 0.4) is 0 Å². The van der Waals surface area contributed by atoms with Gasteiger partial charge in [0, 0.05) is 60.0 Å².